The Balaban J connectivity index is 1.62. The Morgan fingerprint density at radius 3 is 2.84 bits per heavy atom. The van der Waals surface area contributed by atoms with E-state index in [2.05, 4.69) is 17.6 Å². The highest BCUT2D eigenvalue weighted by Crippen LogP contribution is 2.10. The Bertz CT molecular complexity index is 386. The van der Waals surface area contributed by atoms with E-state index in [9.17, 15) is 4.79 Å². The number of carbonyl (C=O) groups is 1. The highest BCUT2D eigenvalue weighted by atomic mass is 16.5. The minimum absolute atomic E-state index is 0.0533. The lowest BCUT2D eigenvalue weighted by Gasteiger charge is -2.27. The lowest BCUT2D eigenvalue weighted by Crippen LogP contribution is -2.42. The van der Waals surface area contributed by atoms with Crippen LogP contribution in [0, 0.1) is 0 Å². The largest absolute Gasteiger partial charge is 0.367 e. The van der Waals surface area contributed by atoms with Crippen molar-refractivity contribution < 1.29 is 9.53 Å². The fourth-order valence-corrected chi connectivity index (χ4v) is 2.16. The van der Waals surface area contributed by atoms with E-state index in [1.807, 2.05) is 30.3 Å². The van der Waals surface area contributed by atoms with Gasteiger partial charge in [-0.2, -0.15) is 0 Å². The average molecular weight is 262 g/mol. The number of ether oxygens (including phenoxy) is 1. The van der Waals surface area contributed by atoms with E-state index < -0.39 is 0 Å². The molecule has 1 saturated heterocycles. The summed E-state index contributed by atoms with van der Waals surface area (Å²) in [4.78, 5) is 11.7. The molecule has 1 aliphatic heterocycles. The number of benzene rings is 1. The van der Waals surface area contributed by atoms with E-state index in [1.165, 1.54) is 0 Å². The topological polar surface area (TPSA) is 50.4 Å². The fourth-order valence-electron chi connectivity index (χ4n) is 2.16. The maximum Gasteiger partial charge on any atom is 0.246 e. The molecule has 2 rings (SSSR count). The highest BCUT2D eigenvalue weighted by molar-refractivity contribution is 5.77. The third-order valence-corrected chi connectivity index (χ3v) is 3.40. The molecule has 4 nitrogen and oxygen atoms in total. The zero-order chi connectivity index (χ0) is 13.5. The fraction of sp³-hybridized carbons (Fsp3) is 0.533. The minimum Gasteiger partial charge on any atom is -0.367 e. The molecule has 2 unspecified atom stereocenters. The number of hydrogen-bond acceptors (Lipinski definition) is 3. The SMILES string of the molecule is CC1CCC(OCC(=O)NCc2ccccc2)CN1. The van der Waals surface area contributed by atoms with E-state index >= 15 is 0 Å². The lowest BCUT2D eigenvalue weighted by atomic mass is 10.0. The summed E-state index contributed by atoms with van der Waals surface area (Å²) in [6.45, 7) is 3.71. The average Bonchev–Trinajstić information content (AvgIpc) is 2.45. The Labute approximate surface area is 114 Å². The van der Waals surface area contributed by atoms with Crippen LogP contribution in [0.15, 0.2) is 30.3 Å². The van der Waals surface area contributed by atoms with Gasteiger partial charge in [0.2, 0.25) is 5.91 Å². The van der Waals surface area contributed by atoms with Crippen molar-refractivity contribution in [1.29, 1.82) is 0 Å². The van der Waals surface area contributed by atoms with E-state index in [4.69, 9.17) is 4.74 Å². The second-order valence-electron chi connectivity index (χ2n) is 5.08. The molecule has 0 saturated carbocycles. The first-order valence-corrected chi connectivity index (χ1v) is 6.89. The van der Waals surface area contributed by atoms with Crippen molar-refractivity contribution in [3.8, 4) is 0 Å². The smallest absolute Gasteiger partial charge is 0.246 e. The highest BCUT2D eigenvalue weighted by Gasteiger charge is 2.18. The molecule has 1 amide bonds. The van der Waals surface area contributed by atoms with Gasteiger partial charge >= 0.3 is 0 Å². The molecule has 2 N–H and O–H groups in total. The summed E-state index contributed by atoms with van der Waals surface area (Å²) >= 11 is 0. The van der Waals surface area contributed by atoms with Gasteiger partial charge in [0.1, 0.15) is 6.61 Å². The molecular formula is C15H22N2O2. The molecular weight excluding hydrogens is 240 g/mol. The third kappa shape index (κ3) is 5.01. The molecule has 0 aromatic heterocycles. The van der Waals surface area contributed by atoms with Crippen LogP contribution < -0.4 is 10.6 Å². The number of amides is 1. The number of carbonyl (C=O) groups excluding carboxylic acids is 1. The molecule has 0 spiro atoms. The van der Waals surface area contributed by atoms with Gasteiger partial charge in [0, 0.05) is 19.1 Å². The molecule has 2 atom stereocenters. The monoisotopic (exact) mass is 262 g/mol. The summed E-state index contributed by atoms with van der Waals surface area (Å²) in [6, 6.07) is 10.4. The van der Waals surface area contributed by atoms with Gasteiger partial charge in [-0.15, -0.1) is 0 Å². The van der Waals surface area contributed by atoms with Crippen LogP contribution in [0.25, 0.3) is 0 Å². The molecule has 1 fully saturated rings. The van der Waals surface area contributed by atoms with Crippen molar-refractivity contribution in [2.45, 2.75) is 38.5 Å². The van der Waals surface area contributed by atoms with Gasteiger partial charge in [0.05, 0.1) is 6.10 Å². The maximum absolute atomic E-state index is 11.7. The van der Waals surface area contributed by atoms with Gasteiger partial charge in [-0.1, -0.05) is 30.3 Å². The number of rotatable bonds is 5. The standard InChI is InChI=1S/C15H22N2O2/c1-12-7-8-14(10-16-12)19-11-15(18)17-9-13-5-3-2-4-6-13/h2-6,12,14,16H,7-11H2,1H3,(H,17,18). The minimum atomic E-state index is -0.0533. The van der Waals surface area contributed by atoms with E-state index in [0.29, 0.717) is 12.6 Å². The summed E-state index contributed by atoms with van der Waals surface area (Å²) in [5, 5.41) is 6.22. The van der Waals surface area contributed by atoms with Crippen LogP contribution in [0.2, 0.25) is 0 Å². The Hall–Kier alpha value is -1.39. The number of hydrogen-bond donors (Lipinski definition) is 2. The van der Waals surface area contributed by atoms with Crippen molar-refractivity contribution in [3.63, 3.8) is 0 Å². The summed E-state index contributed by atoms with van der Waals surface area (Å²) in [5.41, 5.74) is 1.10. The molecule has 4 heteroatoms. The third-order valence-electron chi connectivity index (χ3n) is 3.40. The van der Waals surface area contributed by atoms with Gasteiger partial charge in [0.25, 0.3) is 0 Å². The molecule has 0 radical (unpaired) electrons. The summed E-state index contributed by atoms with van der Waals surface area (Å²) in [5.74, 6) is -0.0533. The Morgan fingerprint density at radius 2 is 2.16 bits per heavy atom. The van der Waals surface area contributed by atoms with Crippen LogP contribution in [-0.4, -0.2) is 31.2 Å². The zero-order valence-electron chi connectivity index (χ0n) is 11.4. The predicted molar refractivity (Wildman–Crippen MR) is 74.7 cm³/mol. The van der Waals surface area contributed by atoms with E-state index in [0.717, 1.165) is 24.9 Å². The molecule has 1 aromatic rings. The molecule has 1 heterocycles. The summed E-state index contributed by atoms with van der Waals surface area (Å²) in [6.07, 6.45) is 2.30. The molecule has 1 aliphatic rings. The Kier molecular flexibility index (Phi) is 5.36. The first-order valence-electron chi connectivity index (χ1n) is 6.89. The molecule has 0 aliphatic carbocycles. The lowest BCUT2D eigenvalue weighted by molar-refractivity contribution is -0.128. The van der Waals surface area contributed by atoms with Crippen molar-refractivity contribution >= 4 is 5.91 Å². The van der Waals surface area contributed by atoms with Crippen LogP contribution in [0.3, 0.4) is 0 Å². The van der Waals surface area contributed by atoms with Gasteiger partial charge in [-0.3, -0.25) is 4.79 Å². The second kappa shape index (κ2) is 7.26. The first-order chi connectivity index (χ1) is 9.24. The molecule has 1 aromatic carbocycles. The van der Waals surface area contributed by atoms with E-state index in [-0.39, 0.29) is 18.6 Å². The summed E-state index contributed by atoms with van der Waals surface area (Å²) < 4.78 is 5.61. The van der Waals surface area contributed by atoms with Crippen molar-refractivity contribution in [2.75, 3.05) is 13.2 Å². The quantitative estimate of drug-likeness (QED) is 0.844. The maximum atomic E-state index is 11.7. The molecule has 0 bridgehead atoms. The van der Waals surface area contributed by atoms with Crippen LogP contribution in [0.1, 0.15) is 25.3 Å². The number of piperidine rings is 1. The van der Waals surface area contributed by atoms with Crippen molar-refractivity contribution in [2.24, 2.45) is 0 Å². The Morgan fingerprint density at radius 1 is 1.37 bits per heavy atom. The van der Waals surface area contributed by atoms with Crippen molar-refractivity contribution in [1.82, 2.24) is 10.6 Å². The molecule has 19 heavy (non-hydrogen) atoms. The molecule has 104 valence electrons. The normalized spacial score (nSPS) is 23.0. The van der Waals surface area contributed by atoms with Gasteiger partial charge in [-0.05, 0) is 25.3 Å². The van der Waals surface area contributed by atoms with Crippen LogP contribution >= 0.6 is 0 Å². The summed E-state index contributed by atoms with van der Waals surface area (Å²) in [7, 11) is 0. The zero-order valence-corrected chi connectivity index (χ0v) is 11.4. The van der Waals surface area contributed by atoms with Crippen molar-refractivity contribution in [3.05, 3.63) is 35.9 Å². The van der Waals surface area contributed by atoms with Gasteiger partial charge in [0.15, 0.2) is 0 Å². The van der Waals surface area contributed by atoms with Crippen LogP contribution in [0.5, 0.6) is 0 Å². The second-order valence-corrected chi connectivity index (χ2v) is 5.08. The van der Waals surface area contributed by atoms with Crippen LogP contribution in [0.4, 0.5) is 0 Å². The van der Waals surface area contributed by atoms with Gasteiger partial charge < -0.3 is 15.4 Å². The first kappa shape index (κ1) is 14.0. The number of nitrogens with one attached hydrogen (secondary N) is 2. The van der Waals surface area contributed by atoms with Gasteiger partial charge in [-0.25, -0.2) is 0 Å². The predicted octanol–water partition coefficient (Wildman–Crippen LogP) is 1.46. The van der Waals surface area contributed by atoms with E-state index in [1.54, 1.807) is 0 Å². The van der Waals surface area contributed by atoms with Crippen LogP contribution in [-0.2, 0) is 16.1 Å².